The van der Waals surface area contributed by atoms with E-state index < -0.39 is 15.8 Å². The number of benzene rings is 1. The maximum absolute atomic E-state index is 13.6. The third-order valence-electron chi connectivity index (χ3n) is 3.88. The first-order chi connectivity index (χ1) is 8.89. The Morgan fingerprint density at radius 2 is 1.89 bits per heavy atom. The van der Waals surface area contributed by atoms with Gasteiger partial charge in [0.25, 0.3) is 0 Å². The highest BCUT2D eigenvalue weighted by atomic mass is 32.2. The third kappa shape index (κ3) is 2.80. The molecule has 0 saturated carbocycles. The Bertz CT molecular complexity index is 552. The Morgan fingerprint density at radius 3 is 2.42 bits per heavy atom. The van der Waals surface area contributed by atoms with Crippen molar-refractivity contribution < 1.29 is 12.8 Å². The van der Waals surface area contributed by atoms with E-state index in [1.807, 2.05) is 0 Å². The molecule has 4 nitrogen and oxygen atoms in total. The quantitative estimate of drug-likeness (QED) is 0.917. The third-order valence-corrected chi connectivity index (χ3v) is 5.81. The number of nitrogens with zero attached hydrogens (tertiary/aromatic N) is 1. The lowest BCUT2D eigenvalue weighted by molar-refractivity contribution is 0.182. The summed E-state index contributed by atoms with van der Waals surface area (Å²) in [5.74, 6) is -0.699. The lowest BCUT2D eigenvalue weighted by Crippen LogP contribution is -2.44. The molecule has 106 valence electrons. The Balaban J connectivity index is 2.22. The van der Waals surface area contributed by atoms with Crippen LogP contribution in [0, 0.1) is 11.2 Å². The summed E-state index contributed by atoms with van der Waals surface area (Å²) in [6, 6.07) is 5.49. The summed E-state index contributed by atoms with van der Waals surface area (Å²) in [5.41, 5.74) is 5.69. The summed E-state index contributed by atoms with van der Waals surface area (Å²) >= 11 is 0. The van der Waals surface area contributed by atoms with Crippen molar-refractivity contribution in [2.75, 3.05) is 19.6 Å². The fourth-order valence-corrected chi connectivity index (χ4v) is 3.77. The molecule has 1 saturated heterocycles. The second-order valence-corrected chi connectivity index (χ2v) is 7.26. The van der Waals surface area contributed by atoms with Gasteiger partial charge >= 0.3 is 0 Å². The zero-order valence-corrected chi connectivity index (χ0v) is 11.8. The van der Waals surface area contributed by atoms with Gasteiger partial charge in [0.15, 0.2) is 0 Å². The molecule has 0 bridgehead atoms. The van der Waals surface area contributed by atoms with Crippen LogP contribution in [-0.2, 0) is 10.0 Å². The van der Waals surface area contributed by atoms with Crippen LogP contribution in [0.15, 0.2) is 29.2 Å². The normalized spacial score (nSPS) is 20.4. The second-order valence-electron chi connectivity index (χ2n) is 5.35. The molecule has 1 aliphatic rings. The topological polar surface area (TPSA) is 63.4 Å². The molecule has 1 aromatic carbocycles. The molecule has 0 aliphatic carbocycles. The number of hydrogen-bond acceptors (Lipinski definition) is 3. The zero-order chi connectivity index (χ0) is 14.1. The Morgan fingerprint density at radius 1 is 1.32 bits per heavy atom. The first-order valence-corrected chi connectivity index (χ1v) is 7.78. The standard InChI is InChI=1S/C13H19FN2O2S/c1-13(10-15)6-8-16(9-7-13)19(17,18)12-5-3-2-4-11(12)14/h2-5H,6-10,15H2,1H3. The molecule has 1 aliphatic heterocycles. The van der Waals surface area contributed by atoms with E-state index in [0.29, 0.717) is 32.5 Å². The van der Waals surface area contributed by atoms with Crippen molar-refractivity contribution in [3.05, 3.63) is 30.1 Å². The highest BCUT2D eigenvalue weighted by molar-refractivity contribution is 7.89. The molecule has 0 radical (unpaired) electrons. The average Bonchev–Trinajstić information content (AvgIpc) is 2.39. The van der Waals surface area contributed by atoms with Crippen LogP contribution >= 0.6 is 0 Å². The highest BCUT2D eigenvalue weighted by Crippen LogP contribution is 2.32. The molecule has 1 heterocycles. The highest BCUT2D eigenvalue weighted by Gasteiger charge is 2.35. The van der Waals surface area contributed by atoms with E-state index in [4.69, 9.17) is 5.73 Å². The van der Waals surface area contributed by atoms with Gasteiger partial charge in [-0.2, -0.15) is 4.31 Å². The molecule has 0 spiro atoms. The minimum atomic E-state index is -3.73. The molecule has 1 fully saturated rings. The van der Waals surface area contributed by atoms with Crippen LogP contribution in [0.25, 0.3) is 0 Å². The lowest BCUT2D eigenvalue weighted by atomic mass is 9.81. The zero-order valence-electron chi connectivity index (χ0n) is 11.0. The first-order valence-electron chi connectivity index (χ1n) is 6.34. The number of sulfonamides is 1. The van der Waals surface area contributed by atoms with Crippen LogP contribution < -0.4 is 5.73 Å². The van der Waals surface area contributed by atoms with Gasteiger partial charge in [-0.05, 0) is 36.9 Å². The van der Waals surface area contributed by atoms with Gasteiger partial charge in [0.1, 0.15) is 10.7 Å². The molecule has 19 heavy (non-hydrogen) atoms. The second kappa shape index (κ2) is 5.19. The monoisotopic (exact) mass is 286 g/mol. The Labute approximate surface area is 113 Å². The number of nitrogens with two attached hydrogens (primary N) is 1. The SMILES string of the molecule is CC1(CN)CCN(S(=O)(=O)c2ccccc2F)CC1. The van der Waals surface area contributed by atoms with Gasteiger partial charge < -0.3 is 5.73 Å². The first kappa shape index (κ1) is 14.4. The maximum atomic E-state index is 13.6. The van der Waals surface area contributed by atoms with Crippen LogP contribution in [0.4, 0.5) is 4.39 Å². The summed E-state index contributed by atoms with van der Waals surface area (Å²) in [6.07, 6.45) is 1.41. The molecular formula is C13H19FN2O2S. The van der Waals surface area contributed by atoms with Gasteiger partial charge in [-0.1, -0.05) is 19.1 Å². The number of halogens is 1. The lowest BCUT2D eigenvalue weighted by Gasteiger charge is -2.37. The summed E-state index contributed by atoms with van der Waals surface area (Å²) in [5, 5.41) is 0. The van der Waals surface area contributed by atoms with Crippen LogP contribution in [-0.4, -0.2) is 32.4 Å². The largest absolute Gasteiger partial charge is 0.330 e. The summed E-state index contributed by atoms with van der Waals surface area (Å²) in [6.45, 7) is 3.38. The van der Waals surface area contributed by atoms with E-state index in [0.717, 1.165) is 0 Å². The minimum Gasteiger partial charge on any atom is -0.330 e. The van der Waals surface area contributed by atoms with Crippen molar-refractivity contribution in [3.8, 4) is 0 Å². The van der Waals surface area contributed by atoms with E-state index in [1.165, 1.54) is 28.6 Å². The molecule has 0 aromatic heterocycles. The average molecular weight is 286 g/mol. The van der Waals surface area contributed by atoms with Crippen molar-refractivity contribution in [1.82, 2.24) is 4.31 Å². The predicted molar refractivity (Wildman–Crippen MR) is 71.6 cm³/mol. The smallest absolute Gasteiger partial charge is 0.245 e. The van der Waals surface area contributed by atoms with E-state index in [-0.39, 0.29) is 10.3 Å². The molecule has 6 heteroatoms. The summed E-state index contributed by atoms with van der Waals surface area (Å²) in [4.78, 5) is -0.244. The van der Waals surface area contributed by atoms with Crippen molar-refractivity contribution in [3.63, 3.8) is 0 Å². The minimum absolute atomic E-state index is 0.0126. The summed E-state index contributed by atoms with van der Waals surface area (Å²) in [7, 11) is -3.73. The summed E-state index contributed by atoms with van der Waals surface area (Å²) < 4.78 is 39.7. The van der Waals surface area contributed by atoms with Gasteiger partial charge in [0, 0.05) is 13.1 Å². The fraction of sp³-hybridized carbons (Fsp3) is 0.538. The molecule has 2 N–H and O–H groups in total. The van der Waals surface area contributed by atoms with Crippen LogP contribution in [0.1, 0.15) is 19.8 Å². The number of hydrogen-bond donors (Lipinski definition) is 1. The van der Waals surface area contributed by atoms with Crippen LogP contribution in [0.5, 0.6) is 0 Å². The molecule has 1 aromatic rings. The van der Waals surface area contributed by atoms with Gasteiger partial charge in [0.05, 0.1) is 0 Å². The predicted octanol–water partition coefficient (Wildman–Crippen LogP) is 1.58. The molecule has 2 rings (SSSR count). The number of rotatable bonds is 3. The van der Waals surface area contributed by atoms with E-state index in [9.17, 15) is 12.8 Å². The van der Waals surface area contributed by atoms with Gasteiger partial charge in [-0.3, -0.25) is 0 Å². The van der Waals surface area contributed by atoms with Crippen molar-refractivity contribution in [2.24, 2.45) is 11.1 Å². The molecule has 0 unspecified atom stereocenters. The van der Waals surface area contributed by atoms with Gasteiger partial charge in [0.2, 0.25) is 10.0 Å². The van der Waals surface area contributed by atoms with Gasteiger partial charge in [-0.15, -0.1) is 0 Å². The van der Waals surface area contributed by atoms with Crippen molar-refractivity contribution >= 4 is 10.0 Å². The Kier molecular flexibility index (Phi) is 3.94. The maximum Gasteiger partial charge on any atom is 0.245 e. The fourth-order valence-electron chi connectivity index (χ4n) is 2.26. The van der Waals surface area contributed by atoms with Crippen LogP contribution in [0.3, 0.4) is 0 Å². The van der Waals surface area contributed by atoms with E-state index >= 15 is 0 Å². The molecule has 0 amide bonds. The Hall–Kier alpha value is -0.980. The van der Waals surface area contributed by atoms with Crippen molar-refractivity contribution in [2.45, 2.75) is 24.7 Å². The molecule has 0 atom stereocenters. The number of piperidine rings is 1. The van der Waals surface area contributed by atoms with E-state index in [2.05, 4.69) is 6.92 Å². The van der Waals surface area contributed by atoms with Crippen molar-refractivity contribution in [1.29, 1.82) is 0 Å². The van der Waals surface area contributed by atoms with E-state index in [1.54, 1.807) is 0 Å². The van der Waals surface area contributed by atoms with Crippen LogP contribution in [0.2, 0.25) is 0 Å². The van der Waals surface area contributed by atoms with Gasteiger partial charge in [-0.25, -0.2) is 12.8 Å². The molecular weight excluding hydrogens is 267 g/mol.